The Morgan fingerprint density at radius 2 is 1.21 bits per heavy atom. The van der Waals surface area contributed by atoms with Crippen LogP contribution in [-0.4, -0.2) is 26.2 Å². The normalized spacial score (nSPS) is 12.4. The summed E-state index contributed by atoms with van der Waals surface area (Å²) in [5.74, 6) is 0. The lowest BCUT2D eigenvalue weighted by molar-refractivity contribution is 0.381. The lowest BCUT2D eigenvalue weighted by Gasteiger charge is -2.22. The highest BCUT2D eigenvalue weighted by atomic mass is 32.2. The van der Waals surface area contributed by atoms with E-state index in [1.54, 1.807) is 0 Å². The van der Waals surface area contributed by atoms with Gasteiger partial charge in [-0.05, 0) is 6.42 Å². The van der Waals surface area contributed by atoms with Crippen molar-refractivity contribution >= 4 is 11.3 Å². The molecule has 0 saturated heterocycles. The zero-order chi connectivity index (χ0) is 17.9. The van der Waals surface area contributed by atoms with Crippen LogP contribution in [-0.2, 0) is 11.3 Å². The molecule has 142 valence electrons. The maximum atomic E-state index is 11.0. The number of rotatable bonds is 18. The van der Waals surface area contributed by atoms with Crippen LogP contribution in [0, 0.1) is 11.3 Å². The zero-order valence-electron chi connectivity index (χ0n) is 15.6. The van der Waals surface area contributed by atoms with Crippen molar-refractivity contribution in [3.8, 4) is 6.07 Å². The average Bonchev–Trinajstić information content (AvgIpc) is 2.57. The van der Waals surface area contributed by atoms with Gasteiger partial charge in [-0.1, -0.05) is 90.4 Å². The number of hydrogen-bond acceptors (Lipinski definition) is 3. The van der Waals surface area contributed by atoms with E-state index in [1.165, 1.54) is 81.4 Å². The van der Waals surface area contributed by atoms with Crippen molar-refractivity contribution in [1.82, 2.24) is 4.31 Å². The van der Waals surface area contributed by atoms with Crippen molar-refractivity contribution in [2.24, 2.45) is 0 Å². The minimum Gasteiger partial charge on any atom is -0.760 e. The summed E-state index contributed by atoms with van der Waals surface area (Å²) in [6.45, 7) is 3.14. The van der Waals surface area contributed by atoms with Crippen molar-refractivity contribution < 1.29 is 8.76 Å². The van der Waals surface area contributed by atoms with Gasteiger partial charge in [-0.2, -0.15) is 5.26 Å². The van der Waals surface area contributed by atoms with Crippen molar-refractivity contribution in [2.75, 3.05) is 13.1 Å². The van der Waals surface area contributed by atoms with Gasteiger partial charge >= 0.3 is 0 Å². The molecule has 0 bridgehead atoms. The molecule has 0 aliphatic carbocycles. The Morgan fingerprint density at radius 1 is 0.792 bits per heavy atom. The lowest BCUT2D eigenvalue weighted by Crippen LogP contribution is -2.27. The van der Waals surface area contributed by atoms with Crippen LogP contribution in [0.1, 0.15) is 103 Å². The second-order valence-electron chi connectivity index (χ2n) is 6.65. The number of unbranched alkanes of at least 4 members (excludes halogenated alkanes) is 13. The molecule has 5 heteroatoms. The Balaban J connectivity index is 3.27. The largest absolute Gasteiger partial charge is 0.760 e. The van der Waals surface area contributed by atoms with Gasteiger partial charge in [0.25, 0.3) is 0 Å². The molecule has 0 aliphatic heterocycles. The van der Waals surface area contributed by atoms with Crippen LogP contribution in [0.15, 0.2) is 0 Å². The maximum Gasteiger partial charge on any atom is 0.0635 e. The van der Waals surface area contributed by atoms with E-state index in [-0.39, 0.29) is 6.42 Å². The summed E-state index contributed by atoms with van der Waals surface area (Å²) in [5.41, 5.74) is 0. The van der Waals surface area contributed by atoms with E-state index >= 15 is 0 Å². The van der Waals surface area contributed by atoms with Gasteiger partial charge in [-0.25, -0.2) is 4.31 Å². The van der Waals surface area contributed by atoms with Crippen molar-refractivity contribution in [3.63, 3.8) is 0 Å². The van der Waals surface area contributed by atoms with E-state index in [0.717, 1.165) is 12.8 Å². The van der Waals surface area contributed by atoms with Gasteiger partial charge in [0.15, 0.2) is 0 Å². The van der Waals surface area contributed by atoms with Crippen molar-refractivity contribution in [2.45, 2.75) is 103 Å². The molecule has 0 heterocycles. The van der Waals surface area contributed by atoms with Crippen LogP contribution < -0.4 is 0 Å². The van der Waals surface area contributed by atoms with Crippen molar-refractivity contribution in [1.29, 1.82) is 5.26 Å². The molecular weight excluding hydrogens is 320 g/mol. The predicted molar refractivity (Wildman–Crippen MR) is 101 cm³/mol. The third-order valence-corrected chi connectivity index (χ3v) is 5.23. The van der Waals surface area contributed by atoms with Crippen LogP contribution >= 0.6 is 0 Å². The summed E-state index contributed by atoms with van der Waals surface area (Å²) in [6, 6.07) is 1.99. The summed E-state index contributed by atoms with van der Waals surface area (Å²) in [4.78, 5) is 0. The van der Waals surface area contributed by atoms with Crippen molar-refractivity contribution in [3.05, 3.63) is 0 Å². The molecule has 4 nitrogen and oxygen atoms in total. The lowest BCUT2D eigenvalue weighted by atomic mass is 10.0. The van der Waals surface area contributed by atoms with Gasteiger partial charge in [0.05, 0.1) is 6.07 Å². The maximum absolute atomic E-state index is 11.0. The van der Waals surface area contributed by atoms with Gasteiger partial charge < -0.3 is 4.55 Å². The molecule has 0 N–H and O–H groups in total. The summed E-state index contributed by atoms with van der Waals surface area (Å²) in [7, 11) is 0. The molecular formula is C19H37N2O2S-. The Hall–Kier alpha value is -0.440. The zero-order valence-corrected chi connectivity index (χ0v) is 16.5. The fraction of sp³-hybridized carbons (Fsp3) is 0.947. The second-order valence-corrected chi connectivity index (χ2v) is 7.60. The smallest absolute Gasteiger partial charge is 0.0635 e. The summed E-state index contributed by atoms with van der Waals surface area (Å²) < 4.78 is 23.3. The van der Waals surface area contributed by atoms with Crippen LogP contribution in [0.5, 0.6) is 0 Å². The minimum atomic E-state index is -2.19. The molecule has 0 radical (unpaired) electrons. The van der Waals surface area contributed by atoms with Gasteiger partial charge in [0.2, 0.25) is 0 Å². The molecule has 1 atom stereocenters. The van der Waals surface area contributed by atoms with Gasteiger partial charge in [-0.3, -0.25) is 4.21 Å². The fourth-order valence-corrected chi connectivity index (χ4v) is 3.44. The molecule has 0 amide bonds. The first kappa shape index (κ1) is 23.6. The molecule has 0 aromatic heterocycles. The highest BCUT2D eigenvalue weighted by Gasteiger charge is 2.04. The van der Waals surface area contributed by atoms with Crippen LogP contribution in [0.2, 0.25) is 0 Å². The molecule has 0 rings (SSSR count). The molecule has 0 spiro atoms. The highest BCUT2D eigenvalue weighted by Crippen LogP contribution is 2.13. The van der Waals surface area contributed by atoms with E-state index in [1.807, 2.05) is 6.07 Å². The Bertz CT molecular complexity index is 332. The molecule has 24 heavy (non-hydrogen) atoms. The SMILES string of the molecule is CCCCCCCCCCCCCCCCN(CCC#N)S(=O)[O-]. The highest BCUT2D eigenvalue weighted by molar-refractivity contribution is 7.76. The van der Waals surface area contributed by atoms with Crippen LogP contribution in [0.3, 0.4) is 0 Å². The molecule has 0 fully saturated rings. The summed E-state index contributed by atoms with van der Waals surface area (Å²) in [5, 5.41) is 8.51. The average molecular weight is 358 g/mol. The summed E-state index contributed by atoms with van der Waals surface area (Å²) >= 11 is -2.19. The third-order valence-electron chi connectivity index (χ3n) is 4.44. The molecule has 0 saturated carbocycles. The van der Waals surface area contributed by atoms with E-state index < -0.39 is 11.3 Å². The van der Waals surface area contributed by atoms with E-state index in [2.05, 4.69) is 6.92 Å². The predicted octanol–water partition coefficient (Wildman–Crippen LogP) is 5.48. The standard InChI is InChI=1S/C19H38N2O2S/c1-2-3-4-5-6-7-8-9-10-11-12-13-14-15-18-21(24(22)23)19-16-17-20/h2-16,18-19H2,1H3,(H,22,23)/p-1. The molecule has 1 unspecified atom stereocenters. The second kappa shape index (κ2) is 18.9. The van der Waals surface area contributed by atoms with Gasteiger partial charge in [0.1, 0.15) is 0 Å². The van der Waals surface area contributed by atoms with Gasteiger partial charge in [0, 0.05) is 30.8 Å². The fourth-order valence-electron chi connectivity index (χ4n) is 2.92. The quantitative estimate of drug-likeness (QED) is 0.241. The Kier molecular flexibility index (Phi) is 18.5. The Labute approximate surface area is 152 Å². The van der Waals surface area contributed by atoms with Crippen LogP contribution in [0.25, 0.3) is 0 Å². The number of nitrogens with zero attached hydrogens (tertiary/aromatic N) is 2. The Morgan fingerprint density at radius 3 is 1.58 bits per heavy atom. The number of hydrogen-bond donors (Lipinski definition) is 0. The third kappa shape index (κ3) is 16.4. The first-order chi connectivity index (χ1) is 11.7. The van der Waals surface area contributed by atoms with Gasteiger partial charge in [-0.15, -0.1) is 0 Å². The first-order valence-electron chi connectivity index (χ1n) is 9.93. The molecule has 0 aromatic carbocycles. The van der Waals surface area contributed by atoms with Crippen LogP contribution in [0.4, 0.5) is 0 Å². The number of nitriles is 1. The molecule has 0 aliphatic rings. The van der Waals surface area contributed by atoms with E-state index in [9.17, 15) is 8.76 Å². The monoisotopic (exact) mass is 357 g/mol. The summed E-state index contributed by atoms with van der Waals surface area (Å²) in [6.07, 6.45) is 18.4. The molecule has 0 aromatic rings. The minimum absolute atomic E-state index is 0.270. The topological polar surface area (TPSA) is 67.2 Å². The first-order valence-corrected chi connectivity index (χ1v) is 11.0. The van der Waals surface area contributed by atoms with E-state index in [4.69, 9.17) is 5.26 Å². The van der Waals surface area contributed by atoms with E-state index in [0.29, 0.717) is 13.1 Å².